The maximum atomic E-state index is 10.8. The van der Waals surface area contributed by atoms with Crippen LogP contribution in [0.3, 0.4) is 0 Å². The molecule has 1 saturated heterocycles. The second-order valence-corrected chi connectivity index (χ2v) is 5.51. The van der Waals surface area contributed by atoms with Crippen molar-refractivity contribution in [1.29, 1.82) is 0 Å². The molecule has 1 aromatic heterocycles. The topological polar surface area (TPSA) is 62.5 Å². The number of pyridine rings is 1. The predicted molar refractivity (Wildman–Crippen MR) is 84.9 cm³/mol. The molecule has 1 aliphatic heterocycles. The zero-order valence-electron chi connectivity index (χ0n) is 12.4. The Bertz CT molecular complexity index is 645. The number of nitro groups is 1. The Morgan fingerprint density at radius 1 is 1.18 bits per heavy atom. The Kier molecular flexibility index (Phi) is 4.02. The molecule has 3 rings (SSSR count). The maximum absolute atomic E-state index is 10.8. The Morgan fingerprint density at radius 2 is 1.95 bits per heavy atom. The van der Waals surface area contributed by atoms with Crippen LogP contribution in [0.5, 0.6) is 0 Å². The first kappa shape index (κ1) is 14.5. The summed E-state index contributed by atoms with van der Waals surface area (Å²) in [6, 6.07) is 13.8. The van der Waals surface area contributed by atoms with E-state index < -0.39 is 4.92 Å². The van der Waals surface area contributed by atoms with Crippen LogP contribution >= 0.6 is 0 Å². The lowest BCUT2D eigenvalue weighted by atomic mass is 10.0. The number of aromatic nitrogens is 1. The third-order valence-electron chi connectivity index (χ3n) is 4.01. The third kappa shape index (κ3) is 2.92. The van der Waals surface area contributed by atoms with Gasteiger partial charge in [0, 0.05) is 25.7 Å². The molecule has 0 spiro atoms. The van der Waals surface area contributed by atoms with Crippen molar-refractivity contribution in [2.45, 2.75) is 6.04 Å². The van der Waals surface area contributed by atoms with Crippen LogP contribution in [0.15, 0.2) is 48.7 Å². The summed E-state index contributed by atoms with van der Waals surface area (Å²) in [5.74, 6) is 0.785. The second-order valence-electron chi connectivity index (χ2n) is 5.51. The minimum absolute atomic E-state index is 0.0224. The van der Waals surface area contributed by atoms with Gasteiger partial charge < -0.3 is 9.80 Å². The number of hydrogen-bond donors (Lipinski definition) is 0. The van der Waals surface area contributed by atoms with Crippen LogP contribution in [-0.2, 0) is 0 Å². The predicted octanol–water partition coefficient (Wildman–Crippen LogP) is 2.48. The van der Waals surface area contributed by atoms with Crippen molar-refractivity contribution in [3.63, 3.8) is 0 Å². The summed E-state index contributed by atoms with van der Waals surface area (Å²) < 4.78 is 0. The van der Waals surface area contributed by atoms with Gasteiger partial charge in [-0.25, -0.2) is 4.98 Å². The Labute approximate surface area is 129 Å². The highest BCUT2D eigenvalue weighted by Gasteiger charge is 2.27. The fourth-order valence-electron chi connectivity index (χ4n) is 2.81. The number of rotatable bonds is 3. The average molecular weight is 298 g/mol. The molecule has 0 aliphatic carbocycles. The van der Waals surface area contributed by atoms with Crippen LogP contribution in [0.4, 0.5) is 11.5 Å². The number of nitrogens with zero attached hydrogens (tertiary/aromatic N) is 4. The SMILES string of the molecule is CN1CCN(c2ccc([N+](=O)[O-])cn2)[C@@H](c2ccccc2)C1. The molecule has 1 fully saturated rings. The standard InChI is InChI=1S/C16H18N4O2/c1-18-9-10-19(15(12-18)13-5-3-2-4-6-13)16-8-7-14(11-17-16)20(21)22/h2-8,11,15H,9-10,12H2,1H3/t15-/m1/s1. The number of benzene rings is 1. The van der Waals surface area contributed by atoms with Gasteiger partial charge in [0.25, 0.3) is 5.69 Å². The lowest BCUT2D eigenvalue weighted by Gasteiger charge is -2.41. The van der Waals surface area contributed by atoms with Crippen molar-refractivity contribution in [2.24, 2.45) is 0 Å². The monoisotopic (exact) mass is 298 g/mol. The van der Waals surface area contributed by atoms with Crippen molar-refractivity contribution in [2.75, 3.05) is 31.6 Å². The van der Waals surface area contributed by atoms with Gasteiger partial charge in [0.2, 0.25) is 0 Å². The van der Waals surface area contributed by atoms with Crippen molar-refractivity contribution in [1.82, 2.24) is 9.88 Å². The van der Waals surface area contributed by atoms with Crippen molar-refractivity contribution < 1.29 is 4.92 Å². The minimum Gasteiger partial charge on any atom is -0.347 e. The van der Waals surface area contributed by atoms with Gasteiger partial charge in [-0.05, 0) is 18.7 Å². The highest BCUT2D eigenvalue weighted by atomic mass is 16.6. The van der Waals surface area contributed by atoms with Crippen LogP contribution < -0.4 is 4.90 Å². The quantitative estimate of drug-likeness (QED) is 0.643. The van der Waals surface area contributed by atoms with Crippen molar-refractivity contribution in [3.8, 4) is 0 Å². The second kappa shape index (κ2) is 6.11. The first-order valence-corrected chi connectivity index (χ1v) is 7.26. The number of hydrogen-bond acceptors (Lipinski definition) is 5. The van der Waals surface area contributed by atoms with Crippen molar-refractivity contribution >= 4 is 11.5 Å². The molecule has 6 heteroatoms. The smallest absolute Gasteiger partial charge is 0.287 e. The molecule has 1 atom stereocenters. The van der Waals surface area contributed by atoms with Crippen LogP contribution in [0.2, 0.25) is 0 Å². The van der Waals surface area contributed by atoms with Crippen LogP contribution in [-0.4, -0.2) is 41.5 Å². The number of piperazine rings is 1. The lowest BCUT2D eigenvalue weighted by molar-refractivity contribution is -0.385. The van der Waals surface area contributed by atoms with E-state index in [-0.39, 0.29) is 11.7 Å². The summed E-state index contributed by atoms with van der Waals surface area (Å²) in [7, 11) is 2.11. The molecule has 114 valence electrons. The maximum Gasteiger partial charge on any atom is 0.287 e. The van der Waals surface area contributed by atoms with Gasteiger partial charge >= 0.3 is 0 Å². The molecular formula is C16H18N4O2. The van der Waals surface area contributed by atoms with E-state index in [9.17, 15) is 10.1 Å². The molecule has 1 aliphatic rings. The molecule has 2 heterocycles. The molecule has 0 radical (unpaired) electrons. The highest BCUT2D eigenvalue weighted by Crippen LogP contribution is 2.29. The van der Waals surface area contributed by atoms with Gasteiger partial charge in [0.1, 0.15) is 12.0 Å². The van der Waals surface area contributed by atoms with E-state index in [0.717, 1.165) is 25.5 Å². The first-order chi connectivity index (χ1) is 10.6. The van der Waals surface area contributed by atoms with Gasteiger partial charge in [-0.15, -0.1) is 0 Å². The summed E-state index contributed by atoms with van der Waals surface area (Å²) >= 11 is 0. The van der Waals surface area contributed by atoms with Crippen LogP contribution in [0, 0.1) is 10.1 Å². The third-order valence-corrected chi connectivity index (χ3v) is 4.01. The van der Waals surface area contributed by atoms with Gasteiger partial charge in [0.15, 0.2) is 0 Å². The number of likely N-dealkylation sites (N-methyl/N-ethyl adjacent to an activating group) is 1. The molecular weight excluding hydrogens is 280 g/mol. The van der Waals surface area contributed by atoms with E-state index in [1.165, 1.54) is 17.8 Å². The minimum atomic E-state index is -0.421. The molecule has 0 saturated carbocycles. The van der Waals surface area contributed by atoms with Gasteiger partial charge in [-0.3, -0.25) is 10.1 Å². The van der Waals surface area contributed by atoms with E-state index in [0.29, 0.717) is 0 Å². The molecule has 0 N–H and O–H groups in total. The molecule has 0 unspecified atom stereocenters. The summed E-state index contributed by atoms with van der Waals surface area (Å²) in [4.78, 5) is 19.1. The van der Waals surface area contributed by atoms with E-state index in [1.807, 2.05) is 18.2 Å². The zero-order chi connectivity index (χ0) is 15.5. The van der Waals surface area contributed by atoms with Crippen LogP contribution in [0.25, 0.3) is 0 Å². The highest BCUT2D eigenvalue weighted by molar-refractivity contribution is 5.46. The molecule has 2 aromatic rings. The summed E-state index contributed by atoms with van der Waals surface area (Å²) in [5.41, 5.74) is 1.25. The molecule has 22 heavy (non-hydrogen) atoms. The van der Waals surface area contributed by atoms with E-state index in [1.54, 1.807) is 6.07 Å². The largest absolute Gasteiger partial charge is 0.347 e. The molecule has 0 amide bonds. The normalized spacial score (nSPS) is 19.1. The summed E-state index contributed by atoms with van der Waals surface area (Å²) in [6.07, 6.45) is 1.33. The van der Waals surface area contributed by atoms with Crippen molar-refractivity contribution in [3.05, 3.63) is 64.3 Å². The summed E-state index contributed by atoms with van der Waals surface area (Å²) in [5, 5.41) is 10.8. The fourth-order valence-corrected chi connectivity index (χ4v) is 2.81. The molecule has 0 bridgehead atoms. The van der Waals surface area contributed by atoms with Crippen LogP contribution in [0.1, 0.15) is 11.6 Å². The fraction of sp³-hybridized carbons (Fsp3) is 0.312. The Morgan fingerprint density at radius 3 is 2.59 bits per heavy atom. The number of anilines is 1. The first-order valence-electron chi connectivity index (χ1n) is 7.26. The zero-order valence-corrected chi connectivity index (χ0v) is 12.4. The molecule has 6 nitrogen and oxygen atoms in total. The van der Waals surface area contributed by atoms with E-state index in [4.69, 9.17) is 0 Å². The molecule has 1 aromatic carbocycles. The Hall–Kier alpha value is -2.47. The van der Waals surface area contributed by atoms with Gasteiger partial charge in [-0.2, -0.15) is 0 Å². The lowest BCUT2D eigenvalue weighted by Crippen LogP contribution is -2.47. The van der Waals surface area contributed by atoms with E-state index >= 15 is 0 Å². The van der Waals surface area contributed by atoms with Gasteiger partial charge in [0.05, 0.1) is 11.0 Å². The summed E-state index contributed by atoms with van der Waals surface area (Å²) in [6.45, 7) is 2.70. The van der Waals surface area contributed by atoms with Gasteiger partial charge in [-0.1, -0.05) is 30.3 Å². The van der Waals surface area contributed by atoms with E-state index in [2.05, 4.69) is 34.0 Å². The Balaban J connectivity index is 1.90. The average Bonchev–Trinajstić information content (AvgIpc) is 2.56.